The van der Waals surface area contributed by atoms with Crippen molar-refractivity contribution in [2.75, 3.05) is 10.5 Å². The highest BCUT2D eigenvalue weighted by atomic mass is 35.5. The number of sulfonamides is 1. The van der Waals surface area contributed by atoms with Crippen molar-refractivity contribution in [3.63, 3.8) is 0 Å². The van der Waals surface area contributed by atoms with Crippen molar-refractivity contribution < 1.29 is 8.42 Å². The van der Waals surface area contributed by atoms with Crippen molar-refractivity contribution in [3.05, 3.63) is 40.4 Å². The summed E-state index contributed by atoms with van der Waals surface area (Å²) < 4.78 is 35.5. The summed E-state index contributed by atoms with van der Waals surface area (Å²) >= 11 is 12.8. The molecule has 0 aliphatic heterocycles. The zero-order chi connectivity index (χ0) is 15.9. The van der Waals surface area contributed by atoms with Crippen LogP contribution in [0.15, 0.2) is 35.2 Å². The smallest absolute Gasteiger partial charge is 0.264 e. The maximum Gasteiger partial charge on any atom is 0.264 e. The summed E-state index contributed by atoms with van der Waals surface area (Å²) in [5.41, 5.74) is 6.86. The van der Waals surface area contributed by atoms with Gasteiger partial charge in [-0.25, -0.2) is 8.42 Å². The molecule has 114 valence electrons. The lowest BCUT2D eigenvalue weighted by atomic mass is 10.3. The minimum atomic E-state index is -3.86. The van der Waals surface area contributed by atoms with Gasteiger partial charge in [-0.15, -0.1) is 0 Å². The van der Waals surface area contributed by atoms with Crippen molar-refractivity contribution >= 4 is 67.4 Å². The first-order valence-electron chi connectivity index (χ1n) is 5.87. The number of nitrogens with zero attached hydrogens (tertiary/aromatic N) is 2. The second-order valence-corrected chi connectivity index (χ2v) is 7.34. The quantitative estimate of drug-likeness (QED) is 0.684. The number of hydrogen-bond acceptors (Lipinski definition) is 6. The number of nitrogens with one attached hydrogen (secondary N) is 1. The molecular formula is C12H8Cl2N4O2S2. The molecule has 0 spiro atoms. The van der Waals surface area contributed by atoms with E-state index in [9.17, 15) is 8.42 Å². The SMILES string of the molecule is Nc1c(Cl)cc(NS(=O)(=O)c2cccc3nsnc23)cc1Cl. The van der Waals surface area contributed by atoms with E-state index in [1.54, 1.807) is 12.1 Å². The lowest BCUT2D eigenvalue weighted by molar-refractivity contribution is 0.602. The molecule has 3 N–H and O–H groups in total. The summed E-state index contributed by atoms with van der Waals surface area (Å²) in [5, 5.41) is 0.331. The van der Waals surface area contributed by atoms with Crippen LogP contribution in [0.2, 0.25) is 10.0 Å². The van der Waals surface area contributed by atoms with Crippen LogP contribution in [0.4, 0.5) is 11.4 Å². The number of fused-ring (bicyclic) bond motifs is 1. The van der Waals surface area contributed by atoms with Crippen molar-refractivity contribution in [1.82, 2.24) is 8.75 Å². The number of aromatic nitrogens is 2. The molecule has 0 bridgehead atoms. The average Bonchev–Trinajstić information content (AvgIpc) is 2.92. The Morgan fingerprint density at radius 2 is 1.82 bits per heavy atom. The fraction of sp³-hybridized carbons (Fsp3) is 0. The number of rotatable bonds is 3. The summed E-state index contributed by atoms with van der Waals surface area (Å²) in [6.45, 7) is 0. The number of benzene rings is 2. The van der Waals surface area contributed by atoms with Gasteiger partial charge in [0, 0.05) is 0 Å². The summed E-state index contributed by atoms with van der Waals surface area (Å²) in [6, 6.07) is 7.52. The Labute approximate surface area is 140 Å². The summed E-state index contributed by atoms with van der Waals surface area (Å²) in [6.07, 6.45) is 0. The van der Waals surface area contributed by atoms with E-state index in [0.717, 1.165) is 11.7 Å². The maximum atomic E-state index is 12.5. The highest BCUT2D eigenvalue weighted by Gasteiger charge is 2.20. The Morgan fingerprint density at radius 3 is 2.50 bits per heavy atom. The standard InChI is InChI=1S/C12H8Cl2N4O2S2/c13-7-4-6(5-8(14)11(7)15)18-22(19,20)10-3-1-2-9-12(10)17-21-16-9/h1-5,18H,15H2. The van der Waals surface area contributed by atoms with Gasteiger partial charge in [-0.1, -0.05) is 29.3 Å². The summed E-state index contributed by atoms with van der Waals surface area (Å²) in [4.78, 5) is 0.0304. The number of hydrogen-bond donors (Lipinski definition) is 2. The van der Waals surface area contributed by atoms with Gasteiger partial charge in [0.2, 0.25) is 0 Å². The molecule has 22 heavy (non-hydrogen) atoms. The van der Waals surface area contributed by atoms with E-state index in [0.29, 0.717) is 11.0 Å². The zero-order valence-corrected chi connectivity index (χ0v) is 13.9. The van der Waals surface area contributed by atoms with Crippen LogP contribution in [0.1, 0.15) is 0 Å². The van der Waals surface area contributed by atoms with Crippen molar-refractivity contribution in [2.45, 2.75) is 4.90 Å². The first-order valence-corrected chi connectivity index (χ1v) is 8.84. The monoisotopic (exact) mass is 374 g/mol. The Morgan fingerprint density at radius 1 is 1.14 bits per heavy atom. The van der Waals surface area contributed by atoms with E-state index in [4.69, 9.17) is 28.9 Å². The molecule has 0 unspecified atom stereocenters. The lowest BCUT2D eigenvalue weighted by Gasteiger charge is -2.10. The lowest BCUT2D eigenvalue weighted by Crippen LogP contribution is -2.13. The molecular weight excluding hydrogens is 367 g/mol. The Balaban J connectivity index is 2.06. The molecule has 10 heteroatoms. The molecule has 3 aromatic rings. The molecule has 0 amide bonds. The molecule has 0 atom stereocenters. The topological polar surface area (TPSA) is 98.0 Å². The largest absolute Gasteiger partial charge is 0.396 e. The minimum Gasteiger partial charge on any atom is -0.396 e. The summed E-state index contributed by atoms with van der Waals surface area (Å²) in [7, 11) is -3.86. The molecule has 0 radical (unpaired) electrons. The highest BCUT2D eigenvalue weighted by molar-refractivity contribution is 7.93. The van der Waals surface area contributed by atoms with Gasteiger partial charge in [-0.2, -0.15) is 8.75 Å². The molecule has 1 heterocycles. The maximum absolute atomic E-state index is 12.5. The van der Waals surface area contributed by atoms with E-state index in [1.807, 2.05) is 0 Å². The van der Waals surface area contributed by atoms with Crippen LogP contribution in [0.3, 0.4) is 0 Å². The van der Waals surface area contributed by atoms with Crippen molar-refractivity contribution in [2.24, 2.45) is 0 Å². The predicted octanol–water partition coefficient (Wildman–Crippen LogP) is 3.38. The van der Waals surface area contributed by atoms with Gasteiger partial charge >= 0.3 is 0 Å². The number of halogens is 2. The minimum absolute atomic E-state index is 0.0304. The van der Waals surface area contributed by atoms with E-state index < -0.39 is 10.0 Å². The van der Waals surface area contributed by atoms with Crippen molar-refractivity contribution in [3.8, 4) is 0 Å². The van der Waals surface area contributed by atoms with Gasteiger partial charge < -0.3 is 5.73 Å². The fourth-order valence-corrected chi connectivity index (χ4v) is 4.15. The fourth-order valence-electron chi connectivity index (χ4n) is 1.85. The molecule has 6 nitrogen and oxygen atoms in total. The van der Waals surface area contributed by atoms with Crippen LogP contribution < -0.4 is 10.5 Å². The molecule has 0 fully saturated rings. The third-order valence-corrected chi connectivity index (χ3v) is 5.45. The first kappa shape index (κ1) is 15.3. The molecule has 0 aliphatic carbocycles. The van der Waals surface area contributed by atoms with Crippen LogP contribution in [0.5, 0.6) is 0 Å². The second-order valence-electron chi connectivity index (χ2n) is 4.35. The zero-order valence-electron chi connectivity index (χ0n) is 10.7. The van der Waals surface area contributed by atoms with Gasteiger partial charge in [0.05, 0.1) is 33.1 Å². The molecule has 0 saturated heterocycles. The van der Waals surface area contributed by atoms with E-state index >= 15 is 0 Å². The van der Waals surface area contributed by atoms with Crippen LogP contribution in [-0.4, -0.2) is 17.2 Å². The number of anilines is 2. The van der Waals surface area contributed by atoms with Gasteiger partial charge in [-0.3, -0.25) is 4.72 Å². The third kappa shape index (κ3) is 2.70. The van der Waals surface area contributed by atoms with E-state index in [-0.39, 0.29) is 26.3 Å². The Bertz CT molecular complexity index is 949. The molecule has 0 saturated carbocycles. The summed E-state index contributed by atoms with van der Waals surface area (Å²) in [5.74, 6) is 0. The highest BCUT2D eigenvalue weighted by Crippen LogP contribution is 2.32. The van der Waals surface area contributed by atoms with Crippen LogP contribution in [-0.2, 0) is 10.0 Å². The molecule has 3 rings (SSSR count). The van der Waals surface area contributed by atoms with Crippen LogP contribution in [0, 0.1) is 0 Å². The number of nitrogen functional groups attached to an aromatic ring is 1. The van der Waals surface area contributed by atoms with Gasteiger partial charge in [-0.05, 0) is 24.3 Å². The van der Waals surface area contributed by atoms with E-state index in [2.05, 4.69) is 13.5 Å². The third-order valence-electron chi connectivity index (χ3n) is 2.87. The van der Waals surface area contributed by atoms with Gasteiger partial charge in [0.1, 0.15) is 15.9 Å². The Kier molecular flexibility index (Phi) is 3.85. The second kappa shape index (κ2) is 5.54. The predicted molar refractivity (Wildman–Crippen MR) is 89.1 cm³/mol. The van der Waals surface area contributed by atoms with E-state index in [1.165, 1.54) is 18.2 Å². The Hall–Kier alpha value is -1.61. The van der Waals surface area contributed by atoms with Crippen LogP contribution in [0.25, 0.3) is 11.0 Å². The van der Waals surface area contributed by atoms with Crippen LogP contribution >= 0.6 is 34.9 Å². The average molecular weight is 375 g/mol. The molecule has 2 aromatic carbocycles. The van der Waals surface area contributed by atoms with Gasteiger partial charge in [0.25, 0.3) is 10.0 Å². The van der Waals surface area contributed by atoms with Crippen molar-refractivity contribution in [1.29, 1.82) is 0 Å². The van der Waals surface area contributed by atoms with Gasteiger partial charge in [0.15, 0.2) is 0 Å². The normalized spacial score (nSPS) is 11.7. The molecule has 0 aliphatic rings. The molecule has 1 aromatic heterocycles. The first-order chi connectivity index (χ1) is 10.4. The number of nitrogens with two attached hydrogens (primary N) is 1.